The molecule has 0 spiro atoms. The average Bonchev–Trinajstić information content (AvgIpc) is 2.43. The molecule has 0 aliphatic heterocycles. The summed E-state index contributed by atoms with van der Waals surface area (Å²) in [5.41, 5.74) is 10.8. The van der Waals surface area contributed by atoms with E-state index >= 15 is 0 Å². The first-order valence-electron chi connectivity index (χ1n) is 6.03. The van der Waals surface area contributed by atoms with Gasteiger partial charge in [-0.2, -0.15) is 0 Å². The van der Waals surface area contributed by atoms with Gasteiger partial charge >= 0.3 is 5.97 Å². The van der Waals surface area contributed by atoms with Crippen LogP contribution in [0.1, 0.15) is 0 Å². The van der Waals surface area contributed by atoms with Crippen LogP contribution in [0, 0.1) is 0 Å². The summed E-state index contributed by atoms with van der Waals surface area (Å²) in [5.74, 6) is -1.21. The molecule has 114 valence electrons. The van der Waals surface area contributed by atoms with Gasteiger partial charge in [-0.1, -0.05) is 0 Å². The van der Waals surface area contributed by atoms with Gasteiger partial charge in [0.15, 0.2) is 6.61 Å². The van der Waals surface area contributed by atoms with Crippen LogP contribution in [0.3, 0.4) is 0 Å². The van der Waals surface area contributed by atoms with Crippen LogP contribution in [0.15, 0.2) is 24.3 Å². The molecule has 0 radical (unpaired) electrons. The van der Waals surface area contributed by atoms with Gasteiger partial charge in [-0.05, 0) is 24.3 Å². The van der Waals surface area contributed by atoms with Crippen LogP contribution in [-0.4, -0.2) is 44.6 Å². The lowest BCUT2D eigenvalue weighted by atomic mass is 10.2. The molecule has 0 unspecified atom stereocenters. The molecule has 1 rings (SSSR count). The molecule has 0 atom stereocenters. The molecule has 0 aliphatic rings. The van der Waals surface area contributed by atoms with Gasteiger partial charge in [0.05, 0.1) is 20.2 Å². The first-order valence-corrected chi connectivity index (χ1v) is 6.03. The number of hydrogen-bond acceptors (Lipinski definition) is 6. The second-order valence-electron chi connectivity index (χ2n) is 4.15. The highest BCUT2D eigenvalue weighted by molar-refractivity contribution is 5.84. The van der Waals surface area contributed by atoms with E-state index in [1.165, 1.54) is 12.0 Å². The van der Waals surface area contributed by atoms with E-state index in [0.717, 1.165) is 0 Å². The average molecular weight is 295 g/mol. The van der Waals surface area contributed by atoms with Crippen LogP contribution in [-0.2, 0) is 19.1 Å². The highest BCUT2D eigenvalue weighted by atomic mass is 16.6. The van der Waals surface area contributed by atoms with Crippen LogP contribution in [0.4, 0.5) is 5.69 Å². The van der Waals surface area contributed by atoms with Gasteiger partial charge in [0.25, 0.3) is 0 Å². The third-order valence-corrected chi connectivity index (χ3v) is 2.48. The lowest BCUT2D eigenvalue weighted by molar-refractivity contribution is -0.142. The normalized spacial score (nSPS) is 9.76. The van der Waals surface area contributed by atoms with E-state index in [1.807, 2.05) is 0 Å². The summed E-state index contributed by atoms with van der Waals surface area (Å²) in [7, 11) is 1.26. The number of nitrogens with zero attached hydrogens (tertiary/aromatic N) is 1. The van der Waals surface area contributed by atoms with Crippen molar-refractivity contribution in [1.29, 1.82) is 0 Å². The maximum absolute atomic E-state index is 11.0. The summed E-state index contributed by atoms with van der Waals surface area (Å²) in [5, 5.41) is 0. The molecule has 0 aliphatic carbocycles. The molecule has 0 saturated carbocycles. The number of methoxy groups -OCH3 is 1. The Hall–Kier alpha value is -2.77. The molecular weight excluding hydrogens is 278 g/mol. The standard InChI is InChI=1S/C13H17N3O5/c1-20-13(19)8-21-10-4-2-9(3-5-10)16(6-11(14)17)7-12(15)18/h2-5H,6-8H2,1H3,(H2,14,17)(H2,15,18). The van der Waals surface area contributed by atoms with Crippen LogP contribution >= 0.6 is 0 Å². The number of esters is 1. The van der Waals surface area contributed by atoms with Crippen molar-refractivity contribution >= 4 is 23.5 Å². The summed E-state index contributed by atoms with van der Waals surface area (Å²) in [6, 6.07) is 6.43. The van der Waals surface area contributed by atoms with Gasteiger partial charge in [0.2, 0.25) is 11.8 Å². The van der Waals surface area contributed by atoms with Gasteiger partial charge in [-0.15, -0.1) is 0 Å². The number of carbonyl (C=O) groups is 3. The Morgan fingerprint density at radius 3 is 2.00 bits per heavy atom. The van der Waals surface area contributed by atoms with Crippen molar-refractivity contribution in [2.45, 2.75) is 0 Å². The van der Waals surface area contributed by atoms with E-state index in [0.29, 0.717) is 11.4 Å². The van der Waals surface area contributed by atoms with Crippen molar-refractivity contribution in [3.8, 4) is 5.75 Å². The zero-order valence-electron chi connectivity index (χ0n) is 11.6. The second kappa shape index (κ2) is 7.73. The lowest BCUT2D eigenvalue weighted by Crippen LogP contribution is -2.39. The molecular formula is C13H17N3O5. The molecule has 8 nitrogen and oxygen atoms in total. The van der Waals surface area contributed by atoms with Gasteiger partial charge in [-0.3, -0.25) is 9.59 Å². The molecule has 0 heterocycles. The maximum Gasteiger partial charge on any atom is 0.343 e. The summed E-state index contributed by atoms with van der Waals surface area (Å²) in [6.45, 7) is -0.473. The minimum atomic E-state index is -0.581. The summed E-state index contributed by atoms with van der Waals surface area (Å²) in [6.07, 6.45) is 0. The minimum absolute atomic E-state index is 0.134. The lowest BCUT2D eigenvalue weighted by Gasteiger charge is -2.21. The summed E-state index contributed by atoms with van der Waals surface area (Å²) >= 11 is 0. The molecule has 8 heteroatoms. The SMILES string of the molecule is COC(=O)COc1ccc(N(CC(N)=O)CC(N)=O)cc1. The Bertz CT molecular complexity index is 499. The maximum atomic E-state index is 11.0. The number of amides is 2. The first-order chi connectivity index (χ1) is 9.92. The molecule has 1 aromatic carbocycles. The fraction of sp³-hybridized carbons (Fsp3) is 0.308. The number of benzene rings is 1. The van der Waals surface area contributed by atoms with E-state index in [4.69, 9.17) is 16.2 Å². The Morgan fingerprint density at radius 1 is 1.05 bits per heavy atom. The van der Waals surface area contributed by atoms with Crippen molar-refractivity contribution in [2.24, 2.45) is 11.5 Å². The Labute approximate surface area is 121 Å². The largest absolute Gasteiger partial charge is 0.482 e. The minimum Gasteiger partial charge on any atom is -0.482 e. The molecule has 0 fully saturated rings. The number of primary amides is 2. The number of hydrogen-bond donors (Lipinski definition) is 2. The molecule has 4 N–H and O–H groups in total. The fourth-order valence-electron chi connectivity index (χ4n) is 1.57. The topological polar surface area (TPSA) is 125 Å². The number of nitrogens with two attached hydrogens (primary N) is 2. The second-order valence-corrected chi connectivity index (χ2v) is 4.15. The van der Waals surface area contributed by atoms with Crippen LogP contribution in [0.2, 0.25) is 0 Å². The predicted octanol–water partition coefficient (Wildman–Crippen LogP) is -0.985. The van der Waals surface area contributed by atoms with E-state index < -0.39 is 17.8 Å². The van der Waals surface area contributed by atoms with Crippen molar-refractivity contribution in [3.63, 3.8) is 0 Å². The van der Waals surface area contributed by atoms with Gasteiger partial charge in [0.1, 0.15) is 5.75 Å². The predicted molar refractivity (Wildman–Crippen MR) is 74.6 cm³/mol. The Morgan fingerprint density at radius 2 is 1.57 bits per heavy atom. The summed E-state index contributed by atoms with van der Waals surface area (Å²) in [4.78, 5) is 34.4. The van der Waals surface area contributed by atoms with Gasteiger partial charge in [-0.25, -0.2) is 4.79 Å². The third kappa shape index (κ3) is 5.81. The molecule has 0 bridgehead atoms. The Balaban J connectivity index is 2.74. The third-order valence-electron chi connectivity index (χ3n) is 2.48. The van der Waals surface area contributed by atoms with Crippen LogP contribution in [0.5, 0.6) is 5.75 Å². The van der Waals surface area contributed by atoms with E-state index in [9.17, 15) is 14.4 Å². The van der Waals surface area contributed by atoms with E-state index in [2.05, 4.69) is 4.74 Å². The smallest absolute Gasteiger partial charge is 0.343 e. The fourth-order valence-corrected chi connectivity index (χ4v) is 1.57. The molecule has 2 amide bonds. The highest BCUT2D eigenvalue weighted by Gasteiger charge is 2.12. The number of rotatable bonds is 8. The van der Waals surface area contributed by atoms with Crippen LogP contribution in [0.25, 0.3) is 0 Å². The van der Waals surface area contributed by atoms with Gasteiger partial charge < -0.3 is 25.8 Å². The monoisotopic (exact) mass is 295 g/mol. The number of anilines is 1. The van der Waals surface area contributed by atoms with Crippen molar-refractivity contribution in [3.05, 3.63) is 24.3 Å². The zero-order valence-corrected chi connectivity index (χ0v) is 11.6. The van der Waals surface area contributed by atoms with Gasteiger partial charge in [0, 0.05) is 5.69 Å². The van der Waals surface area contributed by atoms with E-state index in [-0.39, 0.29) is 19.7 Å². The van der Waals surface area contributed by atoms with Crippen molar-refractivity contribution in [2.75, 3.05) is 31.7 Å². The Kier molecular flexibility index (Phi) is 5.99. The molecule has 21 heavy (non-hydrogen) atoms. The number of carbonyl (C=O) groups excluding carboxylic acids is 3. The van der Waals surface area contributed by atoms with E-state index in [1.54, 1.807) is 24.3 Å². The first kappa shape index (κ1) is 16.3. The number of ether oxygens (including phenoxy) is 2. The molecule has 0 saturated heterocycles. The van der Waals surface area contributed by atoms with Crippen LogP contribution < -0.4 is 21.1 Å². The zero-order chi connectivity index (χ0) is 15.8. The van der Waals surface area contributed by atoms with Crippen molar-refractivity contribution < 1.29 is 23.9 Å². The quantitative estimate of drug-likeness (QED) is 0.593. The summed E-state index contributed by atoms with van der Waals surface area (Å²) < 4.78 is 9.63. The highest BCUT2D eigenvalue weighted by Crippen LogP contribution is 2.19. The molecule has 0 aromatic heterocycles. The van der Waals surface area contributed by atoms with Crippen molar-refractivity contribution in [1.82, 2.24) is 0 Å². The molecule has 1 aromatic rings.